The molecular weight excluding hydrogens is 318 g/mol. The molecule has 2 aromatic carbocycles. The molecule has 0 saturated heterocycles. The van der Waals surface area contributed by atoms with E-state index >= 15 is 0 Å². The number of rotatable bonds is 1. The molecule has 0 fully saturated rings. The van der Waals surface area contributed by atoms with Gasteiger partial charge < -0.3 is 0 Å². The molecule has 0 radical (unpaired) electrons. The molecule has 0 unspecified atom stereocenters. The van der Waals surface area contributed by atoms with E-state index < -0.39 is 0 Å². The minimum Gasteiger partial charge on any atom is -0.258 e. The lowest BCUT2D eigenvalue weighted by Gasteiger charge is -2.11. The molecule has 0 N–H and O–H groups in total. The van der Waals surface area contributed by atoms with Crippen molar-refractivity contribution in [2.75, 3.05) is 0 Å². The van der Waals surface area contributed by atoms with Crippen LogP contribution in [0.25, 0.3) is 0 Å². The Morgan fingerprint density at radius 1 is 0.900 bits per heavy atom. The van der Waals surface area contributed by atoms with Gasteiger partial charge in [-0.15, -0.1) is 0 Å². The molecule has 4 bridgehead atoms. The Balaban J connectivity index is 2.05. The Morgan fingerprint density at radius 2 is 1.50 bits per heavy atom. The third-order valence-electron chi connectivity index (χ3n) is 3.83. The zero-order valence-electron chi connectivity index (χ0n) is 10.9. The van der Waals surface area contributed by atoms with Gasteiger partial charge in [0.05, 0.1) is 4.92 Å². The second kappa shape index (κ2) is 5.37. The third-order valence-corrected chi connectivity index (χ3v) is 4.57. The maximum Gasteiger partial charge on any atom is 0.272 e. The number of nitrogens with zero attached hydrogens (tertiary/aromatic N) is 1. The summed E-state index contributed by atoms with van der Waals surface area (Å²) in [5, 5.41) is 11.2. The van der Waals surface area contributed by atoms with Gasteiger partial charge >= 0.3 is 0 Å². The molecule has 3 nitrogen and oxygen atoms in total. The van der Waals surface area contributed by atoms with Crippen molar-refractivity contribution in [2.24, 2.45) is 0 Å². The van der Waals surface area contributed by atoms with Gasteiger partial charge in [0, 0.05) is 16.1 Å². The van der Waals surface area contributed by atoms with Gasteiger partial charge in [-0.1, -0.05) is 40.2 Å². The predicted octanol–water partition coefficient (Wildman–Crippen LogP) is 4.24. The summed E-state index contributed by atoms with van der Waals surface area (Å²) in [5.74, 6) is 0. The second-order valence-corrected chi connectivity index (χ2v) is 6.00. The van der Waals surface area contributed by atoms with E-state index in [1.807, 2.05) is 12.1 Å². The number of hydrogen-bond acceptors (Lipinski definition) is 2. The van der Waals surface area contributed by atoms with Crippen LogP contribution < -0.4 is 0 Å². The summed E-state index contributed by atoms with van der Waals surface area (Å²) in [6, 6.07) is 12.1. The molecule has 6 rings (SSSR count). The summed E-state index contributed by atoms with van der Waals surface area (Å²) < 4.78 is 1.14. The van der Waals surface area contributed by atoms with E-state index in [0.717, 1.165) is 34.9 Å². The zero-order valence-corrected chi connectivity index (χ0v) is 12.5. The van der Waals surface area contributed by atoms with E-state index in [4.69, 9.17) is 0 Å². The minimum absolute atomic E-state index is 0.261. The van der Waals surface area contributed by atoms with E-state index in [1.54, 1.807) is 6.07 Å². The first-order chi connectivity index (χ1) is 9.63. The molecule has 102 valence electrons. The van der Waals surface area contributed by atoms with Crippen molar-refractivity contribution in [3.63, 3.8) is 0 Å². The average Bonchev–Trinajstić information content (AvgIpc) is 2.42. The third kappa shape index (κ3) is 2.61. The Hall–Kier alpha value is -1.68. The van der Waals surface area contributed by atoms with Crippen molar-refractivity contribution in [3.8, 4) is 0 Å². The average molecular weight is 332 g/mol. The van der Waals surface area contributed by atoms with Crippen molar-refractivity contribution in [3.05, 3.63) is 73.2 Å². The molecule has 4 heteroatoms. The number of benzene rings is 2. The van der Waals surface area contributed by atoms with Gasteiger partial charge in [-0.25, -0.2) is 0 Å². The van der Waals surface area contributed by atoms with Crippen LogP contribution in [0.1, 0.15) is 22.3 Å². The maximum atomic E-state index is 11.2. The Kier molecular flexibility index (Phi) is 3.57. The van der Waals surface area contributed by atoms with Gasteiger partial charge in [0.15, 0.2) is 0 Å². The quantitative estimate of drug-likeness (QED) is 0.579. The Labute approximate surface area is 125 Å². The van der Waals surface area contributed by atoms with E-state index in [9.17, 15) is 10.1 Å². The Bertz CT molecular complexity index is 682. The second-order valence-electron chi connectivity index (χ2n) is 5.15. The highest BCUT2D eigenvalue weighted by molar-refractivity contribution is 9.10. The van der Waals surface area contributed by atoms with E-state index in [0.29, 0.717) is 6.42 Å². The number of nitro groups is 1. The summed E-state index contributed by atoms with van der Waals surface area (Å²) in [7, 11) is 0. The van der Waals surface area contributed by atoms with Gasteiger partial charge in [0.2, 0.25) is 0 Å². The lowest BCUT2D eigenvalue weighted by Crippen LogP contribution is -2.02. The molecule has 0 aromatic heterocycles. The summed E-state index contributed by atoms with van der Waals surface area (Å²) in [6.45, 7) is 0. The molecule has 0 heterocycles. The van der Waals surface area contributed by atoms with Crippen LogP contribution >= 0.6 is 15.9 Å². The van der Waals surface area contributed by atoms with Crippen LogP contribution in [0, 0.1) is 10.1 Å². The Morgan fingerprint density at radius 3 is 2.15 bits per heavy atom. The summed E-state index contributed by atoms with van der Waals surface area (Å²) in [6.07, 6.45) is 3.22. The van der Waals surface area contributed by atoms with Gasteiger partial charge in [-0.2, -0.15) is 0 Å². The van der Waals surface area contributed by atoms with Gasteiger partial charge in [-0.3, -0.25) is 10.1 Å². The standard InChI is InChI=1S/C16H14BrNO2/c17-15-9-11-1-5-13(15)6-2-12-4-8-14(7-3-11)16(10-12)18(19)20/h1,4-5,8-10H,2-3,6-7H2. The molecule has 4 aliphatic carbocycles. The highest BCUT2D eigenvalue weighted by Crippen LogP contribution is 2.27. The van der Waals surface area contributed by atoms with Crippen LogP contribution in [-0.4, -0.2) is 4.92 Å². The predicted molar refractivity (Wildman–Crippen MR) is 82.1 cm³/mol. The van der Waals surface area contributed by atoms with Gasteiger partial charge in [0.1, 0.15) is 0 Å². The first-order valence-electron chi connectivity index (χ1n) is 6.67. The molecular formula is C16H14BrNO2. The van der Waals surface area contributed by atoms with Crippen LogP contribution in [0.5, 0.6) is 0 Å². The van der Waals surface area contributed by atoms with Crippen molar-refractivity contribution in [1.29, 1.82) is 0 Å². The molecule has 20 heavy (non-hydrogen) atoms. The van der Waals surface area contributed by atoms with Crippen LogP contribution in [-0.2, 0) is 25.7 Å². The lowest BCUT2D eigenvalue weighted by atomic mass is 9.95. The number of halogens is 1. The monoisotopic (exact) mass is 331 g/mol. The number of hydrogen-bond donors (Lipinski definition) is 0. The molecule has 0 amide bonds. The van der Waals surface area contributed by atoms with Crippen molar-refractivity contribution in [2.45, 2.75) is 25.7 Å². The highest BCUT2D eigenvalue weighted by atomic mass is 79.9. The smallest absolute Gasteiger partial charge is 0.258 e. The molecule has 0 atom stereocenters. The maximum absolute atomic E-state index is 11.2. The first-order valence-corrected chi connectivity index (χ1v) is 7.46. The highest BCUT2D eigenvalue weighted by Gasteiger charge is 2.16. The van der Waals surface area contributed by atoms with E-state index in [-0.39, 0.29) is 10.6 Å². The summed E-state index contributed by atoms with van der Waals surface area (Å²) in [5.41, 5.74) is 4.56. The normalized spacial score (nSPS) is 13.8. The molecule has 4 aliphatic rings. The lowest BCUT2D eigenvalue weighted by molar-refractivity contribution is -0.385. The fourth-order valence-electron chi connectivity index (χ4n) is 2.65. The fraction of sp³-hybridized carbons (Fsp3) is 0.250. The minimum atomic E-state index is -0.262. The molecule has 2 aromatic rings. The van der Waals surface area contributed by atoms with E-state index in [2.05, 4.69) is 34.1 Å². The van der Waals surface area contributed by atoms with Gasteiger partial charge in [0.25, 0.3) is 5.69 Å². The molecule has 0 saturated carbocycles. The summed E-state index contributed by atoms with van der Waals surface area (Å²) >= 11 is 3.62. The number of aryl methyl sites for hydroxylation is 4. The first kappa shape index (κ1) is 13.3. The van der Waals surface area contributed by atoms with Crippen molar-refractivity contribution < 1.29 is 4.92 Å². The zero-order chi connectivity index (χ0) is 14.1. The fourth-order valence-corrected chi connectivity index (χ4v) is 3.28. The van der Waals surface area contributed by atoms with Crippen LogP contribution in [0.2, 0.25) is 0 Å². The van der Waals surface area contributed by atoms with Crippen LogP contribution in [0.15, 0.2) is 40.9 Å². The summed E-state index contributed by atoms with van der Waals surface area (Å²) in [4.78, 5) is 10.9. The SMILES string of the molecule is O=[N+]([O-])c1cc2ccc1CCc1ccc(c(Br)c1)CC2. The van der Waals surface area contributed by atoms with Crippen LogP contribution in [0.3, 0.4) is 0 Å². The van der Waals surface area contributed by atoms with Crippen LogP contribution in [0.4, 0.5) is 5.69 Å². The van der Waals surface area contributed by atoms with Gasteiger partial charge in [-0.05, 0) is 48.4 Å². The topological polar surface area (TPSA) is 43.1 Å². The molecule has 0 aliphatic heterocycles. The van der Waals surface area contributed by atoms with Crippen molar-refractivity contribution >= 4 is 21.6 Å². The largest absolute Gasteiger partial charge is 0.272 e. The number of nitro benzene ring substituents is 1. The molecule has 0 spiro atoms. The van der Waals surface area contributed by atoms with E-state index in [1.165, 1.54) is 11.1 Å². The van der Waals surface area contributed by atoms with Crippen molar-refractivity contribution in [1.82, 2.24) is 0 Å².